The summed E-state index contributed by atoms with van der Waals surface area (Å²) in [6, 6.07) is 0.513. The molecule has 0 amide bonds. The molecule has 0 spiro atoms. The van der Waals surface area contributed by atoms with Gasteiger partial charge in [-0.2, -0.15) is 0 Å². The smallest absolute Gasteiger partial charge is 0.313 e. The van der Waals surface area contributed by atoms with Gasteiger partial charge in [-0.3, -0.25) is 9.69 Å². The predicted octanol–water partition coefficient (Wildman–Crippen LogP) is 2.06. The van der Waals surface area contributed by atoms with Crippen LogP contribution >= 0.6 is 0 Å². The van der Waals surface area contributed by atoms with Crippen LogP contribution in [0.4, 0.5) is 0 Å². The minimum atomic E-state index is -0.293. The van der Waals surface area contributed by atoms with Crippen molar-refractivity contribution in [3.63, 3.8) is 0 Å². The Morgan fingerprint density at radius 1 is 1.53 bits per heavy atom. The van der Waals surface area contributed by atoms with Crippen LogP contribution in [0, 0.1) is 5.41 Å². The Morgan fingerprint density at radius 2 is 2.20 bits per heavy atom. The first-order valence-electron chi connectivity index (χ1n) is 5.91. The highest BCUT2D eigenvalue weighted by Crippen LogP contribution is 2.31. The number of nitrogens with zero attached hydrogens (tertiary/aromatic N) is 1. The molecule has 1 atom stereocenters. The first kappa shape index (κ1) is 12.5. The summed E-state index contributed by atoms with van der Waals surface area (Å²) in [7, 11) is 0. The lowest BCUT2D eigenvalue weighted by atomic mass is 9.81. The third kappa shape index (κ3) is 2.94. The average molecular weight is 213 g/mol. The molecular formula is C12H23NO2. The molecule has 88 valence electrons. The number of esters is 1. The van der Waals surface area contributed by atoms with Gasteiger partial charge in [0.15, 0.2) is 0 Å². The van der Waals surface area contributed by atoms with E-state index in [-0.39, 0.29) is 11.4 Å². The van der Waals surface area contributed by atoms with E-state index in [4.69, 9.17) is 4.74 Å². The number of hydrogen-bond donors (Lipinski definition) is 0. The average Bonchev–Trinajstić information content (AvgIpc) is 2.18. The van der Waals surface area contributed by atoms with Crippen molar-refractivity contribution in [2.75, 3.05) is 19.7 Å². The summed E-state index contributed by atoms with van der Waals surface area (Å²) < 4.78 is 5.15. The van der Waals surface area contributed by atoms with Crippen molar-refractivity contribution in [1.29, 1.82) is 0 Å². The van der Waals surface area contributed by atoms with E-state index in [0.717, 1.165) is 25.9 Å². The number of ether oxygens (including phenoxy) is 1. The van der Waals surface area contributed by atoms with E-state index in [1.807, 2.05) is 13.8 Å². The summed E-state index contributed by atoms with van der Waals surface area (Å²) in [6.07, 6.45) is 2.04. The first-order valence-corrected chi connectivity index (χ1v) is 5.91. The minimum absolute atomic E-state index is 0.0321. The molecule has 1 aliphatic rings. The van der Waals surface area contributed by atoms with Gasteiger partial charge in [0, 0.05) is 12.6 Å². The molecule has 15 heavy (non-hydrogen) atoms. The molecule has 1 aliphatic heterocycles. The van der Waals surface area contributed by atoms with Gasteiger partial charge in [0.2, 0.25) is 0 Å². The van der Waals surface area contributed by atoms with Crippen molar-refractivity contribution in [2.24, 2.45) is 5.41 Å². The van der Waals surface area contributed by atoms with E-state index >= 15 is 0 Å². The van der Waals surface area contributed by atoms with Crippen molar-refractivity contribution < 1.29 is 9.53 Å². The summed E-state index contributed by atoms with van der Waals surface area (Å²) in [4.78, 5) is 14.2. The van der Waals surface area contributed by atoms with Crippen LogP contribution < -0.4 is 0 Å². The fourth-order valence-electron chi connectivity index (χ4n) is 2.19. The second-order valence-electron chi connectivity index (χ2n) is 4.95. The fraction of sp³-hybridized carbons (Fsp3) is 0.917. The molecule has 1 saturated heterocycles. The van der Waals surface area contributed by atoms with Crippen LogP contribution in [0.2, 0.25) is 0 Å². The Balaban J connectivity index is 2.63. The van der Waals surface area contributed by atoms with Crippen molar-refractivity contribution in [3.8, 4) is 0 Å². The van der Waals surface area contributed by atoms with E-state index in [1.165, 1.54) is 0 Å². The summed E-state index contributed by atoms with van der Waals surface area (Å²) in [5.74, 6) is -0.0321. The monoisotopic (exact) mass is 213 g/mol. The molecule has 0 saturated carbocycles. The molecule has 0 bridgehead atoms. The van der Waals surface area contributed by atoms with E-state index in [2.05, 4.69) is 18.7 Å². The highest BCUT2D eigenvalue weighted by molar-refractivity contribution is 5.76. The lowest BCUT2D eigenvalue weighted by Gasteiger charge is -2.40. The maximum absolute atomic E-state index is 11.8. The Labute approximate surface area is 92.8 Å². The normalized spacial score (nSPS) is 28.1. The van der Waals surface area contributed by atoms with E-state index in [9.17, 15) is 4.79 Å². The summed E-state index contributed by atoms with van der Waals surface area (Å²) in [5, 5.41) is 0. The molecule has 0 radical (unpaired) electrons. The van der Waals surface area contributed by atoms with Gasteiger partial charge in [0.25, 0.3) is 0 Å². The molecule has 0 N–H and O–H groups in total. The standard InChI is InChI=1S/C12H23NO2/c1-5-15-11(14)12(4)7-6-8-13(9-12)10(2)3/h10H,5-9H2,1-4H3. The van der Waals surface area contributed by atoms with Gasteiger partial charge in [-0.05, 0) is 47.1 Å². The van der Waals surface area contributed by atoms with Gasteiger partial charge in [-0.1, -0.05) is 0 Å². The highest BCUT2D eigenvalue weighted by atomic mass is 16.5. The quantitative estimate of drug-likeness (QED) is 0.672. The molecule has 1 unspecified atom stereocenters. The van der Waals surface area contributed by atoms with Crippen LogP contribution in [0.25, 0.3) is 0 Å². The number of rotatable bonds is 3. The third-order valence-corrected chi connectivity index (χ3v) is 3.22. The Bertz CT molecular complexity index is 228. The maximum atomic E-state index is 11.8. The van der Waals surface area contributed by atoms with Gasteiger partial charge in [-0.25, -0.2) is 0 Å². The summed E-state index contributed by atoms with van der Waals surface area (Å²) in [6.45, 7) is 10.7. The van der Waals surface area contributed by atoms with Crippen LogP contribution in [0.5, 0.6) is 0 Å². The molecule has 0 aromatic rings. The van der Waals surface area contributed by atoms with Crippen molar-refractivity contribution in [3.05, 3.63) is 0 Å². The number of piperidine rings is 1. The molecule has 1 rings (SSSR count). The number of hydrogen-bond acceptors (Lipinski definition) is 3. The fourth-order valence-corrected chi connectivity index (χ4v) is 2.19. The zero-order valence-electron chi connectivity index (χ0n) is 10.4. The van der Waals surface area contributed by atoms with Gasteiger partial charge < -0.3 is 4.74 Å². The molecule has 1 heterocycles. The van der Waals surface area contributed by atoms with Gasteiger partial charge >= 0.3 is 5.97 Å². The van der Waals surface area contributed by atoms with E-state index < -0.39 is 0 Å². The van der Waals surface area contributed by atoms with Crippen LogP contribution in [0.1, 0.15) is 40.5 Å². The predicted molar refractivity (Wildman–Crippen MR) is 60.7 cm³/mol. The second-order valence-corrected chi connectivity index (χ2v) is 4.95. The number of carbonyl (C=O) groups excluding carboxylic acids is 1. The van der Waals surface area contributed by atoms with Crippen LogP contribution in [0.15, 0.2) is 0 Å². The lowest BCUT2D eigenvalue weighted by Crippen LogP contribution is -2.49. The first-order chi connectivity index (χ1) is 6.99. The maximum Gasteiger partial charge on any atom is 0.313 e. The molecule has 0 aromatic carbocycles. The van der Waals surface area contributed by atoms with Crippen LogP contribution in [-0.4, -0.2) is 36.6 Å². The summed E-state index contributed by atoms with van der Waals surface area (Å²) >= 11 is 0. The summed E-state index contributed by atoms with van der Waals surface area (Å²) in [5.41, 5.74) is -0.293. The molecule has 3 heteroatoms. The minimum Gasteiger partial charge on any atom is -0.466 e. The van der Waals surface area contributed by atoms with Gasteiger partial charge in [0.05, 0.1) is 12.0 Å². The zero-order chi connectivity index (χ0) is 11.5. The van der Waals surface area contributed by atoms with E-state index in [0.29, 0.717) is 12.6 Å². The highest BCUT2D eigenvalue weighted by Gasteiger charge is 2.39. The van der Waals surface area contributed by atoms with Crippen molar-refractivity contribution >= 4 is 5.97 Å². The number of likely N-dealkylation sites (tertiary alicyclic amines) is 1. The third-order valence-electron chi connectivity index (χ3n) is 3.22. The molecule has 0 aromatic heterocycles. The van der Waals surface area contributed by atoms with E-state index in [1.54, 1.807) is 0 Å². The Hall–Kier alpha value is -0.570. The van der Waals surface area contributed by atoms with Crippen LogP contribution in [-0.2, 0) is 9.53 Å². The van der Waals surface area contributed by atoms with Gasteiger partial charge in [-0.15, -0.1) is 0 Å². The topological polar surface area (TPSA) is 29.5 Å². The van der Waals surface area contributed by atoms with Crippen LogP contribution in [0.3, 0.4) is 0 Å². The molecule has 0 aliphatic carbocycles. The van der Waals surface area contributed by atoms with Gasteiger partial charge in [0.1, 0.15) is 0 Å². The SMILES string of the molecule is CCOC(=O)C1(C)CCCN(C(C)C)C1. The van der Waals surface area contributed by atoms with Crippen molar-refractivity contribution in [2.45, 2.75) is 46.6 Å². The lowest BCUT2D eigenvalue weighted by molar-refractivity contribution is -0.158. The second kappa shape index (κ2) is 4.97. The molecular weight excluding hydrogens is 190 g/mol. The zero-order valence-corrected chi connectivity index (χ0v) is 10.4. The van der Waals surface area contributed by atoms with Crippen molar-refractivity contribution in [1.82, 2.24) is 4.90 Å². The largest absolute Gasteiger partial charge is 0.466 e. The molecule has 1 fully saturated rings. The molecule has 3 nitrogen and oxygen atoms in total. The number of carbonyl (C=O) groups is 1. The Kier molecular flexibility index (Phi) is 4.14. The Morgan fingerprint density at radius 3 is 2.73 bits per heavy atom.